The lowest BCUT2D eigenvalue weighted by atomic mass is 10.2. The zero-order valence-corrected chi connectivity index (χ0v) is 19.0. The minimum Gasteiger partial charge on any atom is -0.380 e. The second kappa shape index (κ2) is 9.54. The molecule has 3 rings (SSSR count). The number of ether oxygens (including phenoxy) is 1. The van der Waals surface area contributed by atoms with Crippen LogP contribution in [0.4, 0.5) is 5.69 Å². The number of sulfone groups is 1. The maximum Gasteiger partial charge on any atom is 0.280 e. The van der Waals surface area contributed by atoms with E-state index in [0.717, 1.165) is 16.5 Å². The molecule has 164 valence electrons. The van der Waals surface area contributed by atoms with Crippen molar-refractivity contribution in [2.75, 3.05) is 24.8 Å². The van der Waals surface area contributed by atoms with Crippen molar-refractivity contribution in [2.24, 2.45) is 4.99 Å². The molecule has 1 aromatic heterocycles. The fourth-order valence-electron chi connectivity index (χ4n) is 3.07. The standard InChI is InChI=1S/C21H23N3O5S2/c1-4-29-12-11-24-17-10-9-15(22-14(2)25)13-18(17)30-21(24)23-20(26)16-7-5-6-8-19(16)31(3,27)28/h5-10,13H,4,11-12H2,1-3H3,(H,22,25). The van der Waals surface area contributed by atoms with E-state index in [2.05, 4.69) is 10.3 Å². The minimum atomic E-state index is -3.58. The van der Waals surface area contributed by atoms with Gasteiger partial charge in [-0.2, -0.15) is 4.99 Å². The maximum atomic E-state index is 12.9. The Kier molecular flexibility index (Phi) is 7.04. The quantitative estimate of drug-likeness (QED) is 0.545. The summed E-state index contributed by atoms with van der Waals surface area (Å²) in [6.07, 6.45) is 1.06. The fourth-order valence-corrected chi connectivity index (χ4v) is 5.04. The summed E-state index contributed by atoms with van der Waals surface area (Å²) < 4.78 is 32.3. The number of anilines is 1. The minimum absolute atomic E-state index is 0.0257. The van der Waals surface area contributed by atoms with Gasteiger partial charge in [-0.05, 0) is 37.3 Å². The summed E-state index contributed by atoms with van der Waals surface area (Å²) in [6, 6.07) is 11.5. The monoisotopic (exact) mass is 461 g/mol. The van der Waals surface area contributed by atoms with Crippen molar-refractivity contribution in [3.8, 4) is 0 Å². The van der Waals surface area contributed by atoms with Crippen molar-refractivity contribution in [1.82, 2.24) is 4.57 Å². The van der Waals surface area contributed by atoms with Gasteiger partial charge in [0.15, 0.2) is 14.6 Å². The Labute approximate surface area is 184 Å². The number of nitrogens with one attached hydrogen (secondary N) is 1. The van der Waals surface area contributed by atoms with Gasteiger partial charge in [0.05, 0.1) is 27.3 Å². The first-order chi connectivity index (χ1) is 14.7. The number of benzene rings is 2. The lowest BCUT2D eigenvalue weighted by Gasteiger charge is -2.07. The van der Waals surface area contributed by atoms with Gasteiger partial charge in [0.1, 0.15) is 0 Å². The Morgan fingerprint density at radius 3 is 2.61 bits per heavy atom. The number of amides is 2. The summed E-state index contributed by atoms with van der Waals surface area (Å²) in [5, 5.41) is 2.74. The van der Waals surface area contributed by atoms with Crippen LogP contribution in [0, 0.1) is 0 Å². The SMILES string of the molecule is CCOCCn1c(=NC(=O)c2ccccc2S(C)(=O)=O)sc2cc(NC(C)=O)ccc21. The molecule has 0 fully saturated rings. The van der Waals surface area contributed by atoms with Gasteiger partial charge in [-0.15, -0.1) is 0 Å². The number of fused-ring (bicyclic) bond motifs is 1. The molecule has 0 radical (unpaired) electrons. The van der Waals surface area contributed by atoms with Gasteiger partial charge in [-0.1, -0.05) is 23.5 Å². The van der Waals surface area contributed by atoms with Crippen LogP contribution >= 0.6 is 11.3 Å². The van der Waals surface area contributed by atoms with Crippen LogP contribution in [0.5, 0.6) is 0 Å². The molecule has 0 aliphatic carbocycles. The molecular formula is C21H23N3O5S2. The average Bonchev–Trinajstić information content (AvgIpc) is 3.03. The zero-order chi connectivity index (χ0) is 22.6. The van der Waals surface area contributed by atoms with Crippen LogP contribution in [-0.4, -0.2) is 44.3 Å². The molecule has 3 aromatic rings. The zero-order valence-electron chi connectivity index (χ0n) is 17.4. The highest BCUT2D eigenvalue weighted by molar-refractivity contribution is 7.90. The summed E-state index contributed by atoms with van der Waals surface area (Å²) in [4.78, 5) is 28.9. The molecule has 2 amide bonds. The van der Waals surface area contributed by atoms with E-state index in [1.165, 1.54) is 30.4 Å². The van der Waals surface area contributed by atoms with Gasteiger partial charge in [-0.3, -0.25) is 9.59 Å². The number of nitrogens with zero attached hydrogens (tertiary/aromatic N) is 2. The van der Waals surface area contributed by atoms with E-state index >= 15 is 0 Å². The number of thiazole rings is 1. The van der Waals surface area contributed by atoms with Gasteiger partial charge in [0.2, 0.25) is 5.91 Å². The smallest absolute Gasteiger partial charge is 0.280 e. The van der Waals surface area contributed by atoms with Crippen LogP contribution < -0.4 is 10.1 Å². The lowest BCUT2D eigenvalue weighted by Crippen LogP contribution is -2.20. The Balaban J connectivity index is 2.13. The van der Waals surface area contributed by atoms with Crippen LogP contribution in [0.3, 0.4) is 0 Å². The normalized spacial score (nSPS) is 12.3. The third-order valence-electron chi connectivity index (χ3n) is 4.38. The van der Waals surface area contributed by atoms with Gasteiger partial charge < -0.3 is 14.6 Å². The second-order valence-electron chi connectivity index (χ2n) is 6.78. The first-order valence-corrected chi connectivity index (χ1v) is 12.3. The van der Waals surface area contributed by atoms with Gasteiger partial charge in [0, 0.05) is 32.0 Å². The van der Waals surface area contributed by atoms with Crippen molar-refractivity contribution >= 4 is 48.9 Å². The van der Waals surface area contributed by atoms with E-state index in [1.54, 1.807) is 18.2 Å². The van der Waals surface area contributed by atoms with Crippen molar-refractivity contribution in [3.05, 3.63) is 52.8 Å². The highest BCUT2D eigenvalue weighted by Gasteiger charge is 2.18. The molecule has 0 aliphatic heterocycles. The Morgan fingerprint density at radius 1 is 1.19 bits per heavy atom. The summed E-state index contributed by atoms with van der Waals surface area (Å²) >= 11 is 1.28. The number of rotatable bonds is 7. The fraction of sp³-hybridized carbons (Fsp3) is 0.286. The predicted molar refractivity (Wildman–Crippen MR) is 120 cm³/mol. The Morgan fingerprint density at radius 2 is 1.94 bits per heavy atom. The molecule has 2 aromatic carbocycles. The molecule has 0 bridgehead atoms. The van der Waals surface area contributed by atoms with Crippen LogP contribution in [0.25, 0.3) is 10.2 Å². The summed E-state index contributed by atoms with van der Waals surface area (Å²) in [7, 11) is -3.58. The van der Waals surface area contributed by atoms with E-state index in [-0.39, 0.29) is 16.4 Å². The van der Waals surface area contributed by atoms with Crippen molar-refractivity contribution in [1.29, 1.82) is 0 Å². The van der Waals surface area contributed by atoms with Crippen LogP contribution in [-0.2, 0) is 25.9 Å². The second-order valence-corrected chi connectivity index (χ2v) is 9.78. The van der Waals surface area contributed by atoms with Crippen molar-refractivity contribution < 1.29 is 22.7 Å². The number of carbonyl (C=O) groups is 2. The van der Waals surface area contributed by atoms with Gasteiger partial charge in [-0.25, -0.2) is 8.42 Å². The number of hydrogen-bond acceptors (Lipinski definition) is 6. The molecule has 31 heavy (non-hydrogen) atoms. The van der Waals surface area contributed by atoms with E-state index in [9.17, 15) is 18.0 Å². The van der Waals surface area contributed by atoms with Gasteiger partial charge >= 0.3 is 0 Å². The van der Waals surface area contributed by atoms with Crippen molar-refractivity contribution in [2.45, 2.75) is 25.3 Å². The first kappa shape index (κ1) is 22.9. The van der Waals surface area contributed by atoms with Crippen LogP contribution in [0.2, 0.25) is 0 Å². The largest absolute Gasteiger partial charge is 0.380 e. The van der Waals surface area contributed by atoms with Crippen molar-refractivity contribution in [3.63, 3.8) is 0 Å². The molecule has 1 N–H and O–H groups in total. The molecule has 0 saturated carbocycles. The highest BCUT2D eigenvalue weighted by atomic mass is 32.2. The third-order valence-corrected chi connectivity index (χ3v) is 6.58. The van der Waals surface area contributed by atoms with Gasteiger partial charge in [0.25, 0.3) is 5.91 Å². The van der Waals surface area contributed by atoms with Crippen LogP contribution in [0.15, 0.2) is 52.4 Å². The highest BCUT2D eigenvalue weighted by Crippen LogP contribution is 2.23. The lowest BCUT2D eigenvalue weighted by molar-refractivity contribution is -0.114. The molecule has 0 atom stereocenters. The molecule has 0 saturated heterocycles. The predicted octanol–water partition coefficient (Wildman–Crippen LogP) is 2.84. The molecule has 0 spiro atoms. The Bertz CT molecular complexity index is 1310. The summed E-state index contributed by atoms with van der Waals surface area (Å²) in [6.45, 7) is 4.78. The average molecular weight is 462 g/mol. The maximum absolute atomic E-state index is 12.9. The number of carbonyl (C=O) groups excluding carboxylic acids is 2. The molecule has 1 heterocycles. The summed E-state index contributed by atoms with van der Waals surface area (Å²) in [5.41, 5.74) is 1.50. The van der Waals surface area contributed by atoms with E-state index in [1.807, 2.05) is 23.6 Å². The molecular weight excluding hydrogens is 438 g/mol. The first-order valence-electron chi connectivity index (χ1n) is 9.57. The van der Waals surface area contributed by atoms with Crippen LogP contribution in [0.1, 0.15) is 24.2 Å². The topological polar surface area (TPSA) is 107 Å². The van der Waals surface area contributed by atoms with E-state index in [4.69, 9.17) is 4.74 Å². The third kappa shape index (κ3) is 5.46. The number of aromatic nitrogens is 1. The van der Waals surface area contributed by atoms with E-state index < -0.39 is 15.7 Å². The number of hydrogen-bond donors (Lipinski definition) is 1. The summed E-state index contributed by atoms with van der Waals surface area (Å²) in [5.74, 6) is -0.822. The van der Waals surface area contributed by atoms with E-state index in [0.29, 0.717) is 30.2 Å². The molecule has 10 heteroatoms. The molecule has 0 aliphatic rings. The molecule has 8 nitrogen and oxygen atoms in total. The Hall–Kier alpha value is -2.82. The molecule has 0 unspecified atom stereocenters.